The fourth-order valence-corrected chi connectivity index (χ4v) is 2.43. The van der Waals surface area contributed by atoms with Crippen molar-refractivity contribution >= 4 is 44.3 Å². The van der Waals surface area contributed by atoms with Gasteiger partial charge in [0.15, 0.2) is 12.4 Å². The molecule has 0 saturated carbocycles. The van der Waals surface area contributed by atoms with Crippen LogP contribution in [0.3, 0.4) is 0 Å². The van der Waals surface area contributed by atoms with Gasteiger partial charge in [0.05, 0.1) is 5.02 Å². The van der Waals surface area contributed by atoms with Crippen molar-refractivity contribution in [3.05, 3.63) is 63.8 Å². The van der Waals surface area contributed by atoms with E-state index in [0.717, 1.165) is 9.86 Å². The number of rotatable bonds is 4. The van der Waals surface area contributed by atoms with Crippen molar-refractivity contribution in [2.45, 2.75) is 0 Å². The third-order valence-corrected chi connectivity index (χ3v) is 3.76. The SMILES string of the molecule is O=C(COc1cc(Br)ccc1Cl)c1cc2ccccc2o1. The average molecular weight is 366 g/mol. The van der Waals surface area contributed by atoms with E-state index in [9.17, 15) is 4.79 Å². The predicted molar refractivity (Wildman–Crippen MR) is 85.2 cm³/mol. The molecule has 3 nitrogen and oxygen atoms in total. The molecule has 0 aliphatic carbocycles. The first kappa shape index (κ1) is 14.2. The maximum atomic E-state index is 12.1. The number of para-hydroxylation sites is 1. The summed E-state index contributed by atoms with van der Waals surface area (Å²) in [6, 6.07) is 14.4. The Balaban J connectivity index is 1.75. The second-order valence-electron chi connectivity index (χ2n) is 4.44. The van der Waals surface area contributed by atoms with Gasteiger partial charge >= 0.3 is 0 Å². The van der Waals surface area contributed by atoms with Crippen molar-refractivity contribution in [3.8, 4) is 5.75 Å². The summed E-state index contributed by atoms with van der Waals surface area (Å²) in [7, 11) is 0. The molecule has 106 valence electrons. The number of ketones is 1. The zero-order valence-electron chi connectivity index (χ0n) is 10.8. The van der Waals surface area contributed by atoms with Crippen molar-refractivity contribution in [1.29, 1.82) is 0 Å². The van der Waals surface area contributed by atoms with Crippen LogP contribution >= 0.6 is 27.5 Å². The molecule has 0 radical (unpaired) electrons. The van der Waals surface area contributed by atoms with E-state index < -0.39 is 0 Å². The quantitative estimate of drug-likeness (QED) is 0.603. The number of furan rings is 1. The maximum Gasteiger partial charge on any atom is 0.235 e. The van der Waals surface area contributed by atoms with E-state index in [-0.39, 0.29) is 18.2 Å². The average Bonchev–Trinajstić information content (AvgIpc) is 2.92. The number of hydrogen-bond donors (Lipinski definition) is 0. The molecule has 1 heterocycles. The zero-order chi connectivity index (χ0) is 14.8. The molecule has 0 amide bonds. The molecule has 2 aromatic carbocycles. The lowest BCUT2D eigenvalue weighted by Crippen LogP contribution is -2.10. The Kier molecular flexibility index (Phi) is 3.99. The normalized spacial score (nSPS) is 10.8. The number of benzene rings is 2. The molecule has 0 bridgehead atoms. The summed E-state index contributed by atoms with van der Waals surface area (Å²) in [5, 5.41) is 1.34. The molecule has 0 saturated heterocycles. The van der Waals surface area contributed by atoms with Gasteiger partial charge in [-0.05, 0) is 30.3 Å². The van der Waals surface area contributed by atoms with Gasteiger partial charge in [0, 0.05) is 9.86 Å². The van der Waals surface area contributed by atoms with Gasteiger partial charge in [-0.3, -0.25) is 4.79 Å². The number of halogens is 2. The smallest absolute Gasteiger partial charge is 0.235 e. The number of fused-ring (bicyclic) bond motifs is 1. The molecule has 1 aromatic heterocycles. The second-order valence-corrected chi connectivity index (χ2v) is 5.76. The number of hydrogen-bond acceptors (Lipinski definition) is 3. The summed E-state index contributed by atoms with van der Waals surface area (Å²) in [5.41, 5.74) is 0.682. The van der Waals surface area contributed by atoms with E-state index in [1.54, 1.807) is 24.3 Å². The lowest BCUT2D eigenvalue weighted by molar-refractivity contribution is 0.0896. The van der Waals surface area contributed by atoms with Crippen LogP contribution in [0.1, 0.15) is 10.6 Å². The Bertz CT molecular complexity index is 777. The molecular weight excluding hydrogens is 356 g/mol. The van der Waals surface area contributed by atoms with E-state index in [1.165, 1.54) is 0 Å². The van der Waals surface area contributed by atoms with Crippen LogP contribution in [0.2, 0.25) is 5.02 Å². The Morgan fingerprint density at radius 2 is 2.00 bits per heavy atom. The Morgan fingerprint density at radius 3 is 2.81 bits per heavy atom. The minimum Gasteiger partial charge on any atom is -0.484 e. The molecule has 0 spiro atoms. The monoisotopic (exact) mass is 364 g/mol. The molecule has 0 N–H and O–H groups in total. The van der Waals surface area contributed by atoms with Crippen molar-refractivity contribution in [3.63, 3.8) is 0 Å². The molecule has 3 rings (SSSR count). The van der Waals surface area contributed by atoms with E-state index in [0.29, 0.717) is 16.4 Å². The highest BCUT2D eigenvalue weighted by atomic mass is 79.9. The lowest BCUT2D eigenvalue weighted by atomic mass is 10.2. The van der Waals surface area contributed by atoms with Crippen LogP contribution in [0, 0.1) is 0 Å². The van der Waals surface area contributed by atoms with E-state index >= 15 is 0 Å². The number of Topliss-reactive ketones (excluding diaryl/α,β-unsaturated/α-hetero) is 1. The number of carbonyl (C=O) groups excluding carboxylic acids is 1. The zero-order valence-corrected chi connectivity index (χ0v) is 13.1. The van der Waals surface area contributed by atoms with Crippen LogP contribution in [0.5, 0.6) is 5.75 Å². The molecule has 21 heavy (non-hydrogen) atoms. The van der Waals surface area contributed by atoms with Gasteiger partial charge in [0.25, 0.3) is 0 Å². The van der Waals surface area contributed by atoms with Crippen molar-refractivity contribution < 1.29 is 13.9 Å². The highest BCUT2D eigenvalue weighted by molar-refractivity contribution is 9.10. The molecule has 0 atom stereocenters. The largest absolute Gasteiger partial charge is 0.484 e. The fraction of sp³-hybridized carbons (Fsp3) is 0.0625. The summed E-state index contributed by atoms with van der Waals surface area (Å²) in [6.45, 7) is -0.129. The van der Waals surface area contributed by atoms with Crippen molar-refractivity contribution in [1.82, 2.24) is 0 Å². The van der Waals surface area contributed by atoms with Crippen molar-refractivity contribution in [2.75, 3.05) is 6.61 Å². The molecule has 5 heteroatoms. The predicted octanol–water partition coefficient (Wildman–Crippen LogP) is 5.11. The van der Waals surface area contributed by atoms with Gasteiger partial charge in [0.1, 0.15) is 11.3 Å². The molecule has 0 aliphatic rings. The molecular formula is C16H10BrClO3. The molecule has 0 fully saturated rings. The summed E-state index contributed by atoms with van der Waals surface area (Å²) in [6.07, 6.45) is 0. The van der Waals surface area contributed by atoms with Crippen LogP contribution < -0.4 is 4.74 Å². The number of carbonyl (C=O) groups is 1. The summed E-state index contributed by atoms with van der Waals surface area (Å²) in [5.74, 6) is 0.500. The van der Waals surface area contributed by atoms with Crippen LogP contribution in [-0.4, -0.2) is 12.4 Å². The van der Waals surface area contributed by atoms with Crippen LogP contribution in [0.25, 0.3) is 11.0 Å². The van der Waals surface area contributed by atoms with Gasteiger partial charge in [-0.2, -0.15) is 0 Å². The highest BCUT2D eigenvalue weighted by Gasteiger charge is 2.14. The van der Waals surface area contributed by atoms with E-state index in [4.69, 9.17) is 20.8 Å². The minimum atomic E-state index is -0.234. The minimum absolute atomic E-state index is 0.129. The Morgan fingerprint density at radius 1 is 1.19 bits per heavy atom. The Hall–Kier alpha value is -1.78. The molecule has 0 unspecified atom stereocenters. The summed E-state index contributed by atoms with van der Waals surface area (Å²) in [4.78, 5) is 12.1. The third kappa shape index (κ3) is 3.12. The third-order valence-electron chi connectivity index (χ3n) is 2.95. The first-order chi connectivity index (χ1) is 10.1. The standard InChI is InChI=1S/C16H10BrClO3/c17-11-5-6-12(18)15(8-11)20-9-13(19)16-7-10-3-1-2-4-14(10)21-16/h1-8H,9H2. The first-order valence-electron chi connectivity index (χ1n) is 6.23. The highest BCUT2D eigenvalue weighted by Crippen LogP contribution is 2.28. The summed E-state index contributed by atoms with van der Waals surface area (Å²) >= 11 is 9.34. The fourth-order valence-electron chi connectivity index (χ4n) is 1.92. The van der Waals surface area contributed by atoms with Gasteiger partial charge < -0.3 is 9.15 Å². The van der Waals surface area contributed by atoms with E-state index in [1.807, 2.05) is 24.3 Å². The molecule has 3 aromatic rings. The van der Waals surface area contributed by atoms with Crippen LogP contribution in [0.4, 0.5) is 0 Å². The van der Waals surface area contributed by atoms with Gasteiger partial charge in [-0.25, -0.2) is 0 Å². The topological polar surface area (TPSA) is 39.4 Å². The van der Waals surface area contributed by atoms with Gasteiger partial charge in [-0.15, -0.1) is 0 Å². The van der Waals surface area contributed by atoms with E-state index in [2.05, 4.69) is 15.9 Å². The Labute approximate surface area is 134 Å². The van der Waals surface area contributed by atoms with Gasteiger partial charge in [0.2, 0.25) is 5.78 Å². The van der Waals surface area contributed by atoms with Gasteiger partial charge in [-0.1, -0.05) is 45.7 Å². The van der Waals surface area contributed by atoms with Crippen molar-refractivity contribution in [2.24, 2.45) is 0 Å². The summed E-state index contributed by atoms with van der Waals surface area (Å²) < 4.78 is 11.8. The van der Waals surface area contributed by atoms with Crippen LogP contribution in [0.15, 0.2) is 57.4 Å². The molecule has 0 aliphatic heterocycles. The van der Waals surface area contributed by atoms with Crippen LogP contribution in [-0.2, 0) is 0 Å². The second kappa shape index (κ2) is 5.92. The lowest BCUT2D eigenvalue weighted by Gasteiger charge is -2.06. The number of ether oxygens (including phenoxy) is 1. The maximum absolute atomic E-state index is 12.1. The first-order valence-corrected chi connectivity index (χ1v) is 7.40.